The maximum absolute atomic E-state index is 13.9. The molecule has 2 heterocycles. The zero-order chi connectivity index (χ0) is 21.5. The standard InChI is InChI=1S/C20H24F2N6O2/c21-14-6-7-15(22)17(11-14)26-20(24-13-23)25-16-5-1-2-10-28(19(16)30)12-18(29)27-8-3-4-9-27/h6-7,11,16H,1-5,8-10,12H2,(H2,24,25,26). The number of benzene rings is 1. The van der Waals surface area contributed by atoms with E-state index in [1.165, 1.54) is 4.90 Å². The van der Waals surface area contributed by atoms with E-state index < -0.39 is 17.7 Å². The van der Waals surface area contributed by atoms with Crippen LogP contribution in [0.15, 0.2) is 23.2 Å². The third kappa shape index (κ3) is 5.43. The zero-order valence-electron chi connectivity index (χ0n) is 16.5. The van der Waals surface area contributed by atoms with Crippen LogP contribution in [0.2, 0.25) is 0 Å². The Morgan fingerprint density at radius 3 is 2.67 bits per heavy atom. The molecule has 8 nitrogen and oxygen atoms in total. The molecule has 160 valence electrons. The van der Waals surface area contributed by atoms with Gasteiger partial charge < -0.3 is 15.1 Å². The van der Waals surface area contributed by atoms with E-state index in [1.54, 1.807) is 11.1 Å². The molecule has 0 radical (unpaired) electrons. The van der Waals surface area contributed by atoms with Gasteiger partial charge in [0.05, 0.1) is 12.2 Å². The minimum Gasteiger partial charge on any atom is -0.341 e. The number of aliphatic imine (C=N–C) groups is 1. The molecule has 3 rings (SSSR count). The lowest BCUT2D eigenvalue weighted by molar-refractivity contribution is -0.140. The summed E-state index contributed by atoms with van der Waals surface area (Å²) in [6, 6.07) is 2.02. The molecular formula is C20H24F2N6O2. The molecule has 2 aliphatic rings. The molecule has 30 heavy (non-hydrogen) atoms. The van der Waals surface area contributed by atoms with Crippen molar-refractivity contribution in [3.63, 3.8) is 0 Å². The van der Waals surface area contributed by atoms with E-state index in [-0.39, 0.29) is 30.0 Å². The molecule has 1 aromatic carbocycles. The Morgan fingerprint density at radius 1 is 1.20 bits per heavy atom. The van der Waals surface area contributed by atoms with Crippen molar-refractivity contribution >= 4 is 23.5 Å². The van der Waals surface area contributed by atoms with Gasteiger partial charge in [0.25, 0.3) is 0 Å². The largest absolute Gasteiger partial charge is 0.341 e. The molecule has 1 atom stereocenters. The monoisotopic (exact) mass is 418 g/mol. The van der Waals surface area contributed by atoms with Gasteiger partial charge >= 0.3 is 0 Å². The Morgan fingerprint density at radius 2 is 1.93 bits per heavy atom. The van der Waals surface area contributed by atoms with E-state index >= 15 is 0 Å². The number of hydrogen-bond donors (Lipinski definition) is 2. The van der Waals surface area contributed by atoms with Gasteiger partial charge in [-0.1, -0.05) is 0 Å². The molecular weight excluding hydrogens is 394 g/mol. The van der Waals surface area contributed by atoms with Crippen LogP contribution in [-0.4, -0.2) is 59.8 Å². The van der Waals surface area contributed by atoms with Crippen LogP contribution < -0.4 is 10.6 Å². The topological polar surface area (TPSA) is 101 Å². The van der Waals surface area contributed by atoms with Crippen LogP contribution in [0, 0.1) is 23.1 Å². The van der Waals surface area contributed by atoms with Crippen molar-refractivity contribution in [3.05, 3.63) is 29.8 Å². The summed E-state index contributed by atoms with van der Waals surface area (Å²) < 4.78 is 27.4. The molecule has 2 fully saturated rings. The van der Waals surface area contributed by atoms with E-state index in [4.69, 9.17) is 5.26 Å². The lowest BCUT2D eigenvalue weighted by Gasteiger charge is -2.25. The molecule has 0 bridgehead atoms. The predicted octanol–water partition coefficient (Wildman–Crippen LogP) is 1.81. The Kier molecular flexibility index (Phi) is 7.17. The van der Waals surface area contributed by atoms with Crippen LogP contribution in [0.1, 0.15) is 32.1 Å². The highest BCUT2D eigenvalue weighted by atomic mass is 19.1. The Labute approximate surface area is 173 Å². The van der Waals surface area contributed by atoms with Gasteiger partial charge in [-0.15, -0.1) is 0 Å². The minimum atomic E-state index is -0.834. The van der Waals surface area contributed by atoms with Crippen molar-refractivity contribution in [2.45, 2.75) is 38.1 Å². The van der Waals surface area contributed by atoms with Gasteiger partial charge in [0.2, 0.25) is 17.8 Å². The number of guanidine groups is 1. The van der Waals surface area contributed by atoms with Crippen molar-refractivity contribution in [2.75, 3.05) is 31.5 Å². The van der Waals surface area contributed by atoms with E-state index in [2.05, 4.69) is 15.6 Å². The zero-order valence-corrected chi connectivity index (χ0v) is 16.5. The third-order valence-corrected chi connectivity index (χ3v) is 5.18. The molecule has 2 amide bonds. The van der Waals surface area contributed by atoms with Crippen LogP contribution in [0.3, 0.4) is 0 Å². The first kappa shape index (κ1) is 21.5. The van der Waals surface area contributed by atoms with Crippen molar-refractivity contribution in [1.29, 1.82) is 5.26 Å². The molecule has 1 unspecified atom stereocenters. The highest BCUT2D eigenvalue weighted by Gasteiger charge is 2.30. The number of hydrogen-bond acceptors (Lipinski definition) is 4. The Bertz CT molecular complexity index is 863. The number of likely N-dealkylation sites (tertiary alicyclic amines) is 2. The molecule has 2 saturated heterocycles. The van der Waals surface area contributed by atoms with Crippen LogP contribution >= 0.6 is 0 Å². The second-order valence-corrected chi connectivity index (χ2v) is 7.32. The van der Waals surface area contributed by atoms with E-state index in [0.29, 0.717) is 32.5 Å². The van der Waals surface area contributed by atoms with E-state index in [0.717, 1.165) is 37.5 Å². The molecule has 2 N–H and O–H groups in total. The molecule has 10 heteroatoms. The molecule has 1 aromatic rings. The molecule has 0 aliphatic carbocycles. The molecule has 2 aliphatic heterocycles. The number of nitrogens with one attached hydrogen (secondary N) is 2. The van der Waals surface area contributed by atoms with E-state index in [9.17, 15) is 18.4 Å². The predicted molar refractivity (Wildman–Crippen MR) is 106 cm³/mol. The number of carbonyl (C=O) groups is 2. The Hall–Kier alpha value is -3.22. The summed E-state index contributed by atoms with van der Waals surface area (Å²) in [5.74, 6) is -1.95. The van der Waals surface area contributed by atoms with Gasteiger partial charge in [-0.25, -0.2) is 13.8 Å². The molecule has 0 aromatic heterocycles. The summed E-state index contributed by atoms with van der Waals surface area (Å²) in [4.78, 5) is 33.0. The average molecular weight is 418 g/mol. The number of anilines is 1. The van der Waals surface area contributed by atoms with Gasteiger partial charge in [-0.05, 0) is 44.2 Å². The van der Waals surface area contributed by atoms with Crippen LogP contribution in [-0.2, 0) is 9.59 Å². The summed E-state index contributed by atoms with van der Waals surface area (Å²) in [6.45, 7) is 1.87. The van der Waals surface area contributed by atoms with Crippen LogP contribution in [0.25, 0.3) is 0 Å². The maximum Gasteiger partial charge on any atom is 0.247 e. The maximum atomic E-state index is 13.9. The summed E-state index contributed by atoms with van der Waals surface area (Å²) in [7, 11) is 0. The number of halogens is 2. The van der Waals surface area contributed by atoms with Gasteiger partial charge in [0, 0.05) is 25.7 Å². The third-order valence-electron chi connectivity index (χ3n) is 5.18. The minimum absolute atomic E-state index is 0.00216. The second kappa shape index (κ2) is 10.0. The number of rotatable bonds is 4. The quantitative estimate of drug-likeness (QED) is 0.336. The Balaban J connectivity index is 1.75. The smallest absolute Gasteiger partial charge is 0.247 e. The van der Waals surface area contributed by atoms with Crippen LogP contribution in [0.4, 0.5) is 14.5 Å². The first-order valence-electron chi connectivity index (χ1n) is 9.99. The van der Waals surface area contributed by atoms with Gasteiger partial charge in [0.1, 0.15) is 17.7 Å². The highest BCUT2D eigenvalue weighted by molar-refractivity contribution is 5.97. The number of amides is 2. The average Bonchev–Trinajstić information content (AvgIpc) is 3.21. The highest BCUT2D eigenvalue weighted by Crippen LogP contribution is 2.18. The normalized spacial score (nSPS) is 20.0. The number of nitrogens with zero attached hydrogens (tertiary/aromatic N) is 4. The molecule has 0 spiro atoms. The van der Waals surface area contributed by atoms with Crippen molar-refractivity contribution in [3.8, 4) is 6.19 Å². The lowest BCUT2D eigenvalue weighted by atomic mass is 10.1. The van der Waals surface area contributed by atoms with Crippen molar-refractivity contribution in [1.82, 2.24) is 15.1 Å². The first-order valence-corrected chi connectivity index (χ1v) is 9.99. The number of carbonyl (C=O) groups excluding carboxylic acids is 2. The number of nitriles is 1. The summed E-state index contributed by atoms with van der Waals surface area (Å²) in [5.41, 5.74) is -0.210. The first-order chi connectivity index (χ1) is 14.5. The van der Waals surface area contributed by atoms with Crippen molar-refractivity contribution in [2.24, 2.45) is 4.99 Å². The van der Waals surface area contributed by atoms with Gasteiger partial charge in [0.15, 0.2) is 6.19 Å². The fraction of sp³-hybridized carbons (Fsp3) is 0.500. The summed E-state index contributed by atoms with van der Waals surface area (Å²) in [6.07, 6.45) is 5.49. The SMILES string of the molecule is N#CNC(=NC1CCCCN(CC(=O)N2CCCC2)C1=O)Nc1cc(F)ccc1F. The van der Waals surface area contributed by atoms with Gasteiger partial charge in [-0.2, -0.15) is 5.26 Å². The summed E-state index contributed by atoms with van der Waals surface area (Å²) >= 11 is 0. The fourth-order valence-corrected chi connectivity index (χ4v) is 3.62. The van der Waals surface area contributed by atoms with E-state index in [1.807, 2.05) is 0 Å². The second-order valence-electron chi connectivity index (χ2n) is 7.32. The van der Waals surface area contributed by atoms with Crippen LogP contribution in [0.5, 0.6) is 0 Å². The summed E-state index contributed by atoms with van der Waals surface area (Å²) in [5, 5.41) is 13.8. The fourth-order valence-electron chi connectivity index (χ4n) is 3.62. The van der Waals surface area contributed by atoms with Gasteiger partial charge in [-0.3, -0.25) is 14.9 Å². The van der Waals surface area contributed by atoms with Crippen molar-refractivity contribution < 1.29 is 18.4 Å². The molecule has 0 saturated carbocycles. The lowest BCUT2D eigenvalue weighted by Crippen LogP contribution is -2.45.